The topological polar surface area (TPSA) is 15.3 Å². The Balaban J connectivity index is 1.73. The molecule has 2 rings (SSSR count). The van der Waals surface area contributed by atoms with Crippen molar-refractivity contribution in [3.05, 3.63) is 35.9 Å². The minimum absolute atomic E-state index is 0.745. The zero-order chi connectivity index (χ0) is 11.1. The first-order valence-corrected chi connectivity index (χ1v) is 5.97. The summed E-state index contributed by atoms with van der Waals surface area (Å²) in [5.74, 6) is 6.29. The van der Waals surface area contributed by atoms with E-state index < -0.39 is 0 Å². The molecule has 0 bridgehead atoms. The zero-order valence-electron chi connectivity index (χ0n) is 9.58. The number of rotatable bonds is 2. The number of piperidine rings is 1. The van der Waals surface area contributed by atoms with Crippen LogP contribution in [0.15, 0.2) is 30.3 Å². The number of benzene rings is 1. The third-order valence-corrected chi connectivity index (χ3v) is 2.75. The predicted octanol–water partition coefficient (Wildman–Crippen LogP) is 2.03. The molecule has 0 spiro atoms. The quantitative estimate of drug-likeness (QED) is 0.758. The monoisotopic (exact) mass is 214 g/mol. The molecule has 1 N–H and O–H groups in total. The van der Waals surface area contributed by atoms with Crippen molar-refractivity contribution in [2.24, 2.45) is 0 Å². The molecule has 0 aromatic heterocycles. The molecule has 0 saturated carbocycles. The van der Waals surface area contributed by atoms with Crippen molar-refractivity contribution >= 4 is 0 Å². The molecule has 84 valence electrons. The van der Waals surface area contributed by atoms with Crippen LogP contribution in [0.25, 0.3) is 0 Å². The summed E-state index contributed by atoms with van der Waals surface area (Å²) in [4.78, 5) is 0. The number of nitrogens with zero attached hydrogens (tertiary/aromatic N) is 1. The van der Waals surface area contributed by atoms with Gasteiger partial charge in [0.1, 0.15) is 0 Å². The second-order valence-electron chi connectivity index (χ2n) is 4.05. The van der Waals surface area contributed by atoms with Gasteiger partial charge in [0.2, 0.25) is 0 Å². The summed E-state index contributed by atoms with van der Waals surface area (Å²) in [6.45, 7) is 3.06. The van der Waals surface area contributed by atoms with Crippen LogP contribution in [-0.2, 0) is 0 Å². The van der Waals surface area contributed by atoms with Crippen molar-refractivity contribution in [2.75, 3.05) is 19.6 Å². The Morgan fingerprint density at radius 3 is 2.56 bits per heavy atom. The molecule has 0 radical (unpaired) electrons. The Morgan fingerprint density at radius 1 is 1.06 bits per heavy atom. The highest BCUT2D eigenvalue weighted by molar-refractivity contribution is 5.33. The molecular weight excluding hydrogens is 196 g/mol. The number of hydrazine groups is 1. The third kappa shape index (κ3) is 3.69. The molecular formula is C14H18N2. The molecule has 2 nitrogen and oxygen atoms in total. The van der Waals surface area contributed by atoms with Crippen LogP contribution in [0.1, 0.15) is 24.8 Å². The highest BCUT2D eigenvalue weighted by Gasteiger charge is 2.07. The summed E-state index contributed by atoms with van der Waals surface area (Å²) < 4.78 is 0. The molecule has 16 heavy (non-hydrogen) atoms. The second-order valence-corrected chi connectivity index (χ2v) is 4.05. The van der Waals surface area contributed by atoms with Gasteiger partial charge < -0.3 is 0 Å². The highest BCUT2D eigenvalue weighted by Crippen LogP contribution is 2.05. The largest absolute Gasteiger partial charge is 0.244 e. The van der Waals surface area contributed by atoms with Gasteiger partial charge in [-0.1, -0.05) is 36.5 Å². The van der Waals surface area contributed by atoms with E-state index in [1.807, 2.05) is 30.3 Å². The van der Waals surface area contributed by atoms with Crippen LogP contribution < -0.4 is 5.43 Å². The molecule has 1 saturated heterocycles. The maximum Gasteiger partial charge on any atom is 0.0718 e. The molecule has 0 amide bonds. The average Bonchev–Trinajstić information content (AvgIpc) is 2.37. The molecule has 0 aliphatic carbocycles. The van der Waals surface area contributed by atoms with Gasteiger partial charge in [0, 0.05) is 18.7 Å². The molecule has 1 aromatic carbocycles. The Morgan fingerprint density at radius 2 is 1.81 bits per heavy atom. The zero-order valence-corrected chi connectivity index (χ0v) is 9.58. The van der Waals surface area contributed by atoms with Gasteiger partial charge in [0.25, 0.3) is 0 Å². The van der Waals surface area contributed by atoms with E-state index in [-0.39, 0.29) is 0 Å². The van der Waals surface area contributed by atoms with Crippen LogP contribution in [0.2, 0.25) is 0 Å². The number of hydrogen-bond acceptors (Lipinski definition) is 2. The van der Waals surface area contributed by atoms with E-state index in [0.717, 1.165) is 25.2 Å². The summed E-state index contributed by atoms with van der Waals surface area (Å²) in [6, 6.07) is 10.1. The molecule has 1 aliphatic rings. The number of hydrogen-bond donors (Lipinski definition) is 1. The second kappa shape index (κ2) is 6.32. The van der Waals surface area contributed by atoms with Gasteiger partial charge in [-0.25, -0.2) is 10.4 Å². The van der Waals surface area contributed by atoms with Crippen molar-refractivity contribution in [1.29, 1.82) is 0 Å². The summed E-state index contributed by atoms with van der Waals surface area (Å²) in [5, 5.41) is 2.28. The van der Waals surface area contributed by atoms with Gasteiger partial charge in [-0.05, 0) is 25.0 Å². The van der Waals surface area contributed by atoms with Crippen LogP contribution in [-0.4, -0.2) is 24.6 Å². The first-order chi connectivity index (χ1) is 7.95. The molecule has 1 fully saturated rings. The smallest absolute Gasteiger partial charge is 0.0718 e. The van der Waals surface area contributed by atoms with Gasteiger partial charge in [-0.2, -0.15) is 0 Å². The SMILES string of the molecule is C(#Cc1ccccc1)CNN1CCCCC1. The van der Waals surface area contributed by atoms with E-state index >= 15 is 0 Å². The van der Waals surface area contributed by atoms with E-state index in [2.05, 4.69) is 22.3 Å². The first kappa shape index (κ1) is 11.2. The lowest BCUT2D eigenvalue weighted by molar-refractivity contribution is 0.164. The first-order valence-electron chi connectivity index (χ1n) is 5.97. The molecule has 1 aliphatic heterocycles. The summed E-state index contributed by atoms with van der Waals surface area (Å²) in [5.41, 5.74) is 4.44. The standard InChI is InChI=1S/C14H18N2/c1-3-8-14(9-4-1)10-7-11-15-16-12-5-2-6-13-16/h1,3-4,8-9,15H,2,5-6,11-13H2. The van der Waals surface area contributed by atoms with Crippen LogP contribution in [0.5, 0.6) is 0 Å². The van der Waals surface area contributed by atoms with Crippen LogP contribution >= 0.6 is 0 Å². The van der Waals surface area contributed by atoms with Crippen molar-refractivity contribution in [2.45, 2.75) is 19.3 Å². The van der Waals surface area contributed by atoms with Crippen LogP contribution in [0.3, 0.4) is 0 Å². The van der Waals surface area contributed by atoms with E-state index in [0.29, 0.717) is 0 Å². The van der Waals surface area contributed by atoms with E-state index in [1.165, 1.54) is 19.3 Å². The Labute approximate surface area is 97.6 Å². The van der Waals surface area contributed by atoms with Crippen LogP contribution in [0.4, 0.5) is 0 Å². The van der Waals surface area contributed by atoms with Crippen LogP contribution in [0, 0.1) is 11.8 Å². The van der Waals surface area contributed by atoms with Crippen molar-refractivity contribution in [3.8, 4) is 11.8 Å². The normalized spacial score (nSPS) is 16.5. The number of nitrogens with one attached hydrogen (secondary N) is 1. The van der Waals surface area contributed by atoms with E-state index in [4.69, 9.17) is 0 Å². The van der Waals surface area contributed by atoms with Crippen molar-refractivity contribution in [1.82, 2.24) is 10.4 Å². The molecule has 1 aromatic rings. The highest BCUT2D eigenvalue weighted by atomic mass is 15.5. The fourth-order valence-electron chi connectivity index (χ4n) is 1.87. The predicted molar refractivity (Wildman–Crippen MR) is 66.7 cm³/mol. The van der Waals surface area contributed by atoms with Gasteiger partial charge in [0.15, 0.2) is 0 Å². The van der Waals surface area contributed by atoms with Crippen molar-refractivity contribution < 1.29 is 0 Å². The fourth-order valence-corrected chi connectivity index (χ4v) is 1.87. The fraction of sp³-hybridized carbons (Fsp3) is 0.429. The van der Waals surface area contributed by atoms with E-state index in [1.54, 1.807) is 0 Å². The van der Waals surface area contributed by atoms with Gasteiger partial charge >= 0.3 is 0 Å². The lowest BCUT2D eigenvalue weighted by Crippen LogP contribution is -2.41. The third-order valence-electron chi connectivity index (χ3n) is 2.75. The minimum atomic E-state index is 0.745. The maximum atomic E-state index is 3.35. The van der Waals surface area contributed by atoms with Gasteiger partial charge in [-0.15, -0.1) is 0 Å². The van der Waals surface area contributed by atoms with E-state index in [9.17, 15) is 0 Å². The maximum absolute atomic E-state index is 3.35. The van der Waals surface area contributed by atoms with Gasteiger partial charge in [-0.3, -0.25) is 0 Å². The Bertz CT molecular complexity index is 355. The van der Waals surface area contributed by atoms with Crippen molar-refractivity contribution in [3.63, 3.8) is 0 Å². The van der Waals surface area contributed by atoms with Gasteiger partial charge in [0.05, 0.1) is 6.54 Å². The minimum Gasteiger partial charge on any atom is -0.244 e. The Kier molecular flexibility index (Phi) is 4.42. The summed E-state index contributed by atoms with van der Waals surface area (Å²) in [6.07, 6.45) is 3.98. The molecule has 2 heteroatoms. The average molecular weight is 214 g/mol. The molecule has 0 unspecified atom stereocenters. The summed E-state index contributed by atoms with van der Waals surface area (Å²) >= 11 is 0. The molecule has 0 atom stereocenters. The summed E-state index contributed by atoms with van der Waals surface area (Å²) in [7, 11) is 0. The lowest BCUT2D eigenvalue weighted by Gasteiger charge is -2.25. The molecule has 1 heterocycles. The lowest BCUT2D eigenvalue weighted by atomic mass is 10.2. The Hall–Kier alpha value is -1.30.